The van der Waals surface area contributed by atoms with E-state index in [0.717, 1.165) is 6.07 Å². The summed E-state index contributed by atoms with van der Waals surface area (Å²) >= 11 is 0. The SMILES string of the molecule is CCOC(=O)CNc1nc(NC(=O)Nc2ccc(OCC)cc2)nc(Oc2cc(=O)oc3ccccc23)n1. The number of benzene rings is 2. The third kappa shape index (κ3) is 6.94. The fourth-order valence-electron chi connectivity index (χ4n) is 3.23. The molecule has 3 N–H and O–H groups in total. The number of aromatic nitrogens is 3. The maximum absolute atomic E-state index is 12.6. The third-order valence-corrected chi connectivity index (χ3v) is 4.77. The number of nitrogens with zero attached hydrogens (tertiary/aromatic N) is 3. The number of para-hydroxylation sites is 1. The van der Waals surface area contributed by atoms with Crippen LogP contribution in [0.4, 0.5) is 22.4 Å². The van der Waals surface area contributed by atoms with E-state index < -0.39 is 17.6 Å². The molecule has 2 amide bonds. The summed E-state index contributed by atoms with van der Waals surface area (Å²) in [7, 11) is 0. The number of hydrogen-bond donors (Lipinski definition) is 3. The van der Waals surface area contributed by atoms with Crippen molar-refractivity contribution in [2.75, 3.05) is 35.7 Å². The van der Waals surface area contributed by atoms with Gasteiger partial charge in [0, 0.05) is 5.69 Å². The monoisotopic (exact) mass is 520 g/mol. The van der Waals surface area contributed by atoms with Crippen LogP contribution in [0.1, 0.15) is 13.8 Å². The molecule has 196 valence electrons. The third-order valence-electron chi connectivity index (χ3n) is 4.77. The first kappa shape index (κ1) is 25.9. The number of carbonyl (C=O) groups excluding carboxylic acids is 2. The molecule has 4 rings (SSSR count). The molecular weight excluding hydrogens is 496 g/mol. The largest absolute Gasteiger partial charge is 0.494 e. The summed E-state index contributed by atoms with van der Waals surface area (Å²) in [5, 5.41) is 8.35. The van der Waals surface area contributed by atoms with Gasteiger partial charge in [0.25, 0.3) is 0 Å². The molecular formula is C25H24N6O7. The van der Waals surface area contributed by atoms with Crippen LogP contribution in [0.15, 0.2) is 63.8 Å². The molecule has 38 heavy (non-hydrogen) atoms. The van der Waals surface area contributed by atoms with Crippen molar-refractivity contribution in [1.29, 1.82) is 0 Å². The molecule has 0 aliphatic carbocycles. The maximum atomic E-state index is 12.6. The highest BCUT2D eigenvalue weighted by Crippen LogP contribution is 2.27. The summed E-state index contributed by atoms with van der Waals surface area (Å²) in [5.41, 5.74) is 0.166. The van der Waals surface area contributed by atoms with Crippen LogP contribution in [0.5, 0.6) is 17.5 Å². The molecule has 4 aromatic rings. The highest BCUT2D eigenvalue weighted by Gasteiger charge is 2.15. The van der Waals surface area contributed by atoms with E-state index in [2.05, 4.69) is 30.9 Å². The molecule has 2 aromatic heterocycles. The topological polar surface area (TPSA) is 167 Å². The second-order valence-electron chi connectivity index (χ2n) is 7.49. The number of esters is 1. The molecule has 0 unspecified atom stereocenters. The first-order chi connectivity index (χ1) is 18.4. The minimum atomic E-state index is -0.645. The molecule has 0 atom stereocenters. The summed E-state index contributed by atoms with van der Waals surface area (Å²) in [6, 6.07) is 13.8. The Morgan fingerprint density at radius 3 is 2.45 bits per heavy atom. The standard InChI is InChI=1S/C25H24N6O7/c1-3-35-16-11-9-15(10-12-16)27-24(34)29-23-28-22(26-14-21(33)36-4-2)30-25(31-23)38-19-13-20(32)37-18-8-6-5-7-17(18)19/h5-13H,3-4,14H2,1-2H3,(H3,26,27,28,29,30,31,34). The van der Waals surface area contributed by atoms with E-state index in [1.54, 1.807) is 55.5 Å². The molecule has 0 aliphatic heterocycles. The van der Waals surface area contributed by atoms with Crippen molar-refractivity contribution in [3.05, 3.63) is 65.0 Å². The number of urea groups is 1. The van der Waals surface area contributed by atoms with Gasteiger partial charge in [0.1, 0.15) is 23.6 Å². The number of hydrogen-bond acceptors (Lipinski definition) is 11. The van der Waals surface area contributed by atoms with Crippen LogP contribution in [0.3, 0.4) is 0 Å². The van der Waals surface area contributed by atoms with Gasteiger partial charge in [-0.3, -0.25) is 10.1 Å². The lowest BCUT2D eigenvalue weighted by atomic mass is 10.2. The van der Waals surface area contributed by atoms with Gasteiger partial charge in [0.15, 0.2) is 0 Å². The highest BCUT2D eigenvalue weighted by molar-refractivity contribution is 5.98. The van der Waals surface area contributed by atoms with Gasteiger partial charge in [-0.15, -0.1) is 0 Å². The van der Waals surface area contributed by atoms with E-state index in [1.165, 1.54) is 0 Å². The summed E-state index contributed by atoms with van der Waals surface area (Å²) in [4.78, 5) is 48.8. The van der Waals surface area contributed by atoms with Crippen molar-refractivity contribution in [1.82, 2.24) is 15.0 Å². The van der Waals surface area contributed by atoms with Gasteiger partial charge in [-0.1, -0.05) is 12.1 Å². The predicted molar refractivity (Wildman–Crippen MR) is 138 cm³/mol. The molecule has 0 aliphatic rings. The fourth-order valence-corrected chi connectivity index (χ4v) is 3.23. The molecule has 13 nitrogen and oxygen atoms in total. The first-order valence-electron chi connectivity index (χ1n) is 11.6. The van der Waals surface area contributed by atoms with E-state index in [4.69, 9.17) is 18.6 Å². The van der Waals surface area contributed by atoms with E-state index >= 15 is 0 Å². The summed E-state index contributed by atoms with van der Waals surface area (Å²) < 4.78 is 21.2. The number of fused-ring (bicyclic) bond motifs is 1. The van der Waals surface area contributed by atoms with Crippen molar-refractivity contribution < 1.29 is 28.2 Å². The molecule has 0 radical (unpaired) electrons. The molecule has 2 aromatic carbocycles. The van der Waals surface area contributed by atoms with Crippen LogP contribution in [0.2, 0.25) is 0 Å². The lowest BCUT2D eigenvalue weighted by molar-refractivity contribution is -0.140. The van der Waals surface area contributed by atoms with Crippen LogP contribution in [-0.2, 0) is 9.53 Å². The summed E-state index contributed by atoms with van der Waals surface area (Å²) in [6.07, 6.45) is 0. The number of ether oxygens (including phenoxy) is 3. The minimum absolute atomic E-state index is 0.0771. The number of amides is 2. The zero-order valence-corrected chi connectivity index (χ0v) is 20.5. The van der Waals surface area contributed by atoms with Crippen LogP contribution in [-0.4, -0.2) is 46.7 Å². The van der Waals surface area contributed by atoms with Gasteiger partial charge in [-0.2, -0.15) is 15.0 Å². The lowest BCUT2D eigenvalue weighted by Crippen LogP contribution is -2.22. The van der Waals surface area contributed by atoms with Crippen LogP contribution in [0, 0.1) is 0 Å². The zero-order valence-electron chi connectivity index (χ0n) is 20.5. The Morgan fingerprint density at radius 1 is 0.921 bits per heavy atom. The average molecular weight is 521 g/mol. The quantitative estimate of drug-likeness (QED) is 0.206. The Kier molecular flexibility index (Phi) is 8.28. The number of carbonyl (C=O) groups is 2. The van der Waals surface area contributed by atoms with Gasteiger partial charge < -0.3 is 29.3 Å². The Bertz CT molecular complexity index is 1490. The van der Waals surface area contributed by atoms with Gasteiger partial charge in [0.05, 0.1) is 24.7 Å². The molecule has 2 heterocycles. The van der Waals surface area contributed by atoms with E-state index in [9.17, 15) is 14.4 Å². The maximum Gasteiger partial charge on any atom is 0.339 e. The normalized spacial score (nSPS) is 10.5. The van der Waals surface area contributed by atoms with Crippen molar-refractivity contribution in [2.24, 2.45) is 0 Å². The summed E-state index contributed by atoms with van der Waals surface area (Å²) in [6.45, 7) is 4.03. The van der Waals surface area contributed by atoms with E-state index in [-0.39, 0.29) is 36.8 Å². The van der Waals surface area contributed by atoms with Crippen molar-refractivity contribution in [3.63, 3.8) is 0 Å². The smallest absolute Gasteiger partial charge is 0.339 e. The van der Waals surface area contributed by atoms with Gasteiger partial charge in [0.2, 0.25) is 11.9 Å². The molecule has 0 bridgehead atoms. The second kappa shape index (κ2) is 12.2. The van der Waals surface area contributed by atoms with Gasteiger partial charge in [-0.05, 0) is 50.2 Å². The van der Waals surface area contributed by atoms with E-state index in [0.29, 0.717) is 29.0 Å². The average Bonchev–Trinajstić information content (AvgIpc) is 2.89. The van der Waals surface area contributed by atoms with E-state index in [1.807, 2.05) is 6.92 Å². The van der Waals surface area contributed by atoms with Crippen molar-refractivity contribution in [2.45, 2.75) is 13.8 Å². The molecule has 0 saturated heterocycles. The minimum Gasteiger partial charge on any atom is -0.494 e. The van der Waals surface area contributed by atoms with Crippen molar-refractivity contribution >= 4 is 40.6 Å². The fraction of sp³-hybridized carbons (Fsp3) is 0.200. The number of nitrogens with one attached hydrogen (secondary N) is 3. The molecule has 0 fully saturated rings. The van der Waals surface area contributed by atoms with Gasteiger partial charge in [-0.25, -0.2) is 9.59 Å². The lowest BCUT2D eigenvalue weighted by Gasteiger charge is -2.11. The van der Waals surface area contributed by atoms with Crippen LogP contribution in [0.25, 0.3) is 11.0 Å². The molecule has 0 saturated carbocycles. The number of rotatable bonds is 10. The summed E-state index contributed by atoms with van der Waals surface area (Å²) in [5.74, 6) is -0.00441. The van der Waals surface area contributed by atoms with Crippen LogP contribution < -0.4 is 31.0 Å². The molecule has 13 heteroatoms. The molecule has 0 spiro atoms. The van der Waals surface area contributed by atoms with Gasteiger partial charge >= 0.3 is 23.6 Å². The number of anilines is 3. The Labute approximate surface area is 216 Å². The Hall–Kier alpha value is -5.20. The zero-order chi connectivity index (χ0) is 26.9. The Balaban J connectivity index is 1.57. The second-order valence-corrected chi connectivity index (χ2v) is 7.49. The van der Waals surface area contributed by atoms with Crippen molar-refractivity contribution in [3.8, 4) is 17.5 Å². The highest BCUT2D eigenvalue weighted by atomic mass is 16.5. The first-order valence-corrected chi connectivity index (χ1v) is 11.6. The Morgan fingerprint density at radius 2 is 1.68 bits per heavy atom. The van der Waals surface area contributed by atoms with Crippen LogP contribution >= 0.6 is 0 Å². The predicted octanol–water partition coefficient (Wildman–Crippen LogP) is 3.79.